The van der Waals surface area contributed by atoms with Crippen LogP contribution in [0.2, 0.25) is 0 Å². The van der Waals surface area contributed by atoms with Crippen molar-refractivity contribution in [2.45, 2.75) is 32.7 Å². The van der Waals surface area contributed by atoms with Crippen LogP contribution >= 0.6 is 0 Å². The van der Waals surface area contributed by atoms with Crippen molar-refractivity contribution >= 4 is 11.9 Å². The average Bonchev–Trinajstić information content (AvgIpc) is 2.68. The summed E-state index contributed by atoms with van der Waals surface area (Å²) in [7, 11) is 1.60. The van der Waals surface area contributed by atoms with Crippen LogP contribution in [-0.2, 0) is 4.79 Å². The quantitative estimate of drug-likeness (QED) is 0.894. The summed E-state index contributed by atoms with van der Waals surface area (Å²) >= 11 is 0. The maximum absolute atomic E-state index is 12.6. The minimum Gasteiger partial charge on any atom is -0.481 e. The van der Waals surface area contributed by atoms with Gasteiger partial charge in [-0.1, -0.05) is 29.8 Å². The predicted molar refractivity (Wildman–Crippen MR) is 101 cm³/mol. The zero-order chi connectivity index (χ0) is 18.5. The van der Waals surface area contributed by atoms with Gasteiger partial charge in [0.1, 0.15) is 0 Å². The number of ether oxygens (including phenoxy) is 1. The number of hydrogen-bond donors (Lipinski definition) is 1. The SMILES string of the molecule is COc1ccnc(N2CCC(C(=O)NC(C)c3ccc(C)cc3)CC2)n1. The van der Waals surface area contributed by atoms with E-state index < -0.39 is 0 Å². The van der Waals surface area contributed by atoms with Gasteiger partial charge in [0.2, 0.25) is 17.7 Å². The van der Waals surface area contributed by atoms with E-state index in [2.05, 4.69) is 51.4 Å². The molecule has 2 heterocycles. The number of benzene rings is 1. The number of nitrogens with zero attached hydrogens (tertiary/aromatic N) is 3. The predicted octanol–water partition coefficient (Wildman–Crippen LogP) is 2.89. The average molecular weight is 354 g/mol. The van der Waals surface area contributed by atoms with Crippen LogP contribution in [0.4, 0.5) is 5.95 Å². The molecule has 1 aliphatic heterocycles. The van der Waals surface area contributed by atoms with Crippen molar-refractivity contribution < 1.29 is 9.53 Å². The largest absolute Gasteiger partial charge is 0.481 e. The topological polar surface area (TPSA) is 67.3 Å². The number of aryl methyl sites for hydroxylation is 1. The Morgan fingerprint density at radius 1 is 1.23 bits per heavy atom. The second-order valence-corrected chi connectivity index (χ2v) is 6.80. The molecule has 1 N–H and O–H groups in total. The Hall–Kier alpha value is -2.63. The van der Waals surface area contributed by atoms with Gasteiger partial charge in [-0.15, -0.1) is 0 Å². The van der Waals surface area contributed by atoms with Gasteiger partial charge in [-0.3, -0.25) is 4.79 Å². The van der Waals surface area contributed by atoms with Gasteiger partial charge in [0.05, 0.1) is 13.2 Å². The third-order valence-electron chi connectivity index (χ3n) is 4.91. The number of piperidine rings is 1. The van der Waals surface area contributed by atoms with E-state index in [-0.39, 0.29) is 17.9 Å². The molecule has 0 radical (unpaired) electrons. The monoisotopic (exact) mass is 354 g/mol. The standard InChI is InChI=1S/C20H26N4O2/c1-14-4-6-16(7-5-14)15(2)22-19(25)17-9-12-24(13-10-17)20-21-11-8-18(23-20)26-3/h4-8,11,15,17H,9-10,12-13H2,1-3H3,(H,22,25). The molecule has 6 heteroatoms. The van der Waals surface area contributed by atoms with Gasteiger partial charge in [-0.25, -0.2) is 4.98 Å². The number of aromatic nitrogens is 2. The molecule has 0 saturated carbocycles. The van der Waals surface area contributed by atoms with Gasteiger partial charge in [0.25, 0.3) is 0 Å². The number of methoxy groups -OCH3 is 1. The first-order valence-corrected chi connectivity index (χ1v) is 9.05. The molecule has 1 unspecified atom stereocenters. The lowest BCUT2D eigenvalue weighted by atomic mass is 9.95. The smallest absolute Gasteiger partial charge is 0.228 e. The number of rotatable bonds is 5. The summed E-state index contributed by atoms with van der Waals surface area (Å²) in [6.45, 7) is 5.63. The molecule has 0 spiro atoms. The Morgan fingerprint density at radius 3 is 2.58 bits per heavy atom. The number of carbonyl (C=O) groups is 1. The van der Waals surface area contributed by atoms with Crippen molar-refractivity contribution in [2.24, 2.45) is 5.92 Å². The molecular formula is C20H26N4O2. The Bertz CT molecular complexity index is 740. The highest BCUT2D eigenvalue weighted by molar-refractivity contribution is 5.79. The molecule has 2 aromatic rings. The van der Waals surface area contributed by atoms with Crippen LogP contribution in [0.25, 0.3) is 0 Å². The van der Waals surface area contributed by atoms with Crippen LogP contribution in [0.15, 0.2) is 36.5 Å². The highest BCUT2D eigenvalue weighted by atomic mass is 16.5. The molecule has 0 aliphatic carbocycles. The molecule has 1 saturated heterocycles. The maximum atomic E-state index is 12.6. The maximum Gasteiger partial charge on any atom is 0.228 e. The van der Waals surface area contributed by atoms with Crippen LogP contribution in [0.3, 0.4) is 0 Å². The van der Waals surface area contributed by atoms with Gasteiger partial charge in [0.15, 0.2) is 0 Å². The molecule has 3 rings (SSSR count). The number of carbonyl (C=O) groups excluding carboxylic acids is 1. The Labute approximate surface area is 154 Å². The van der Waals surface area contributed by atoms with E-state index >= 15 is 0 Å². The zero-order valence-corrected chi connectivity index (χ0v) is 15.6. The van der Waals surface area contributed by atoms with Gasteiger partial charge < -0.3 is 15.0 Å². The molecule has 6 nitrogen and oxygen atoms in total. The van der Waals surface area contributed by atoms with Crippen LogP contribution in [0.5, 0.6) is 5.88 Å². The lowest BCUT2D eigenvalue weighted by Crippen LogP contribution is -2.41. The summed E-state index contributed by atoms with van der Waals surface area (Å²) in [4.78, 5) is 23.4. The number of amides is 1. The Balaban J connectivity index is 1.54. The lowest BCUT2D eigenvalue weighted by molar-refractivity contribution is -0.126. The number of anilines is 1. The minimum absolute atomic E-state index is 0.0165. The summed E-state index contributed by atoms with van der Waals surface area (Å²) < 4.78 is 5.16. The van der Waals surface area contributed by atoms with E-state index in [0.717, 1.165) is 31.5 Å². The van der Waals surface area contributed by atoms with Gasteiger partial charge in [-0.2, -0.15) is 4.98 Å². The normalized spacial score (nSPS) is 16.2. The summed E-state index contributed by atoms with van der Waals surface area (Å²) in [5.74, 6) is 1.38. The summed E-state index contributed by atoms with van der Waals surface area (Å²) in [5, 5.41) is 3.15. The first-order chi connectivity index (χ1) is 12.6. The fourth-order valence-corrected chi connectivity index (χ4v) is 3.21. The van der Waals surface area contributed by atoms with E-state index in [4.69, 9.17) is 4.74 Å². The van der Waals surface area contributed by atoms with E-state index in [1.54, 1.807) is 19.4 Å². The molecule has 1 aromatic carbocycles. The summed E-state index contributed by atoms with van der Waals surface area (Å²) in [6, 6.07) is 10.0. The van der Waals surface area contributed by atoms with Crippen molar-refractivity contribution in [1.29, 1.82) is 0 Å². The van der Waals surface area contributed by atoms with Crippen molar-refractivity contribution in [1.82, 2.24) is 15.3 Å². The molecule has 138 valence electrons. The molecule has 1 aromatic heterocycles. The number of nitrogens with one attached hydrogen (secondary N) is 1. The summed E-state index contributed by atoms with van der Waals surface area (Å²) in [6.07, 6.45) is 3.29. The molecule has 0 bridgehead atoms. The van der Waals surface area contributed by atoms with Crippen molar-refractivity contribution in [3.63, 3.8) is 0 Å². The highest BCUT2D eigenvalue weighted by Crippen LogP contribution is 2.23. The first-order valence-electron chi connectivity index (χ1n) is 9.05. The van der Waals surface area contributed by atoms with Crippen LogP contribution in [-0.4, -0.2) is 36.1 Å². The second kappa shape index (κ2) is 8.17. The molecule has 1 fully saturated rings. The first kappa shape index (κ1) is 18.2. The molecular weight excluding hydrogens is 328 g/mol. The van der Waals surface area contributed by atoms with E-state index in [9.17, 15) is 4.79 Å². The molecule has 1 atom stereocenters. The third kappa shape index (κ3) is 4.31. The number of hydrogen-bond acceptors (Lipinski definition) is 5. The van der Waals surface area contributed by atoms with Crippen LogP contribution in [0.1, 0.15) is 36.9 Å². The van der Waals surface area contributed by atoms with Gasteiger partial charge in [-0.05, 0) is 32.3 Å². The minimum atomic E-state index is 0.0165. The van der Waals surface area contributed by atoms with Gasteiger partial charge in [0, 0.05) is 31.3 Å². The van der Waals surface area contributed by atoms with E-state index in [1.165, 1.54) is 5.56 Å². The Kier molecular flexibility index (Phi) is 5.71. The molecule has 1 aliphatic rings. The van der Waals surface area contributed by atoms with Crippen molar-refractivity contribution in [3.05, 3.63) is 47.7 Å². The van der Waals surface area contributed by atoms with E-state index in [1.807, 2.05) is 6.92 Å². The fraction of sp³-hybridized carbons (Fsp3) is 0.450. The van der Waals surface area contributed by atoms with Crippen LogP contribution in [0, 0.1) is 12.8 Å². The second-order valence-electron chi connectivity index (χ2n) is 6.80. The lowest BCUT2D eigenvalue weighted by Gasteiger charge is -2.32. The fourth-order valence-electron chi connectivity index (χ4n) is 3.21. The van der Waals surface area contributed by atoms with Gasteiger partial charge >= 0.3 is 0 Å². The zero-order valence-electron chi connectivity index (χ0n) is 15.6. The third-order valence-corrected chi connectivity index (χ3v) is 4.91. The van der Waals surface area contributed by atoms with Crippen molar-refractivity contribution in [3.8, 4) is 5.88 Å². The molecule has 1 amide bonds. The molecule has 26 heavy (non-hydrogen) atoms. The summed E-state index contributed by atoms with van der Waals surface area (Å²) in [5.41, 5.74) is 2.35. The highest BCUT2D eigenvalue weighted by Gasteiger charge is 2.27. The Morgan fingerprint density at radius 2 is 1.92 bits per heavy atom. The van der Waals surface area contributed by atoms with Crippen molar-refractivity contribution in [2.75, 3.05) is 25.1 Å². The van der Waals surface area contributed by atoms with E-state index in [0.29, 0.717) is 11.8 Å². The van der Waals surface area contributed by atoms with Crippen LogP contribution < -0.4 is 15.0 Å².